The van der Waals surface area contributed by atoms with Crippen LogP contribution in [0.2, 0.25) is 0 Å². The zero-order chi connectivity index (χ0) is 7.72. The lowest BCUT2D eigenvalue weighted by Gasteiger charge is -2.05. The van der Waals surface area contributed by atoms with Crippen molar-refractivity contribution in [3.8, 4) is 0 Å². The number of hydrogen-bond donors (Lipinski definition) is 2. The van der Waals surface area contributed by atoms with E-state index >= 15 is 0 Å². The summed E-state index contributed by atoms with van der Waals surface area (Å²) in [6.07, 6.45) is -0.913. The Kier molecular flexibility index (Phi) is 2.28. The van der Waals surface area contributed by atoms with E-state index in [1.165, 1.54) is 0 Å². The molecule has 0 bridgehead atoms. The number of rotatable bonds is 1. The van der Waals surface area contributed by atoms with Crippen molar-refractivity contribution < 1.29 is 19.3 Å². The average Bonchev–Trinajstić information content (AvgIpc) is 2.17. The van der Waals surface area contributed by atoms with Crippen molar-refractivity contribution in [1.82, 2.24) is 0 Å². The van der Waals surface area contributed by atoms with Crippen LogP contribution in [0.1, 0.15) is 0 Å². The molecule has 0 aromatic carbocycles. The van der Waals surface area contributed by atoms with E-state index in [1.807, 2.05) is 0 Å². The van der Waals surface area contributed by atoms with Crippen molar-refractivity contribution in [2.45, 2.75) is 11.1 Å². The lowest BCUT2D eigenvalue weighted by atomic mass is 10.3. The van der Waals surface area contributed by atoms with Gasteiger partial charge in [-0.1, -0.05) is 0 Å². The van der Waals surface area contributed by atoms with E-state index in [4.69, 9.17) is 14.9 Å². The van der Waals surface area contributed by atoms with Crippen LogP contribution in [0.3, 0.4) is 0 Å². The summed E-state index contributed by atoms with van der Waals surface area (Å²) >= 11 is 2.80. The van der Waals surface area contributed by atoms with Gasteiger partial charge in [-0.15, -0.1) is 0 Å². The summed E-state index contributed by atoms with van der Waals surface area (Å²) in [5.74, 6) is -1.29. The van der Waals surface area contributed by atoms with Gasteiger partial charge in [0.1, 0.15) is 6.10 Å². The third kappa shape index (κ3) is 1.16. The SMILES string of the molecule is OC[C@H]1OC(Br)C(F)=C1O. The number of aliphatic hydroxyl groups excluding tert-OH is 2. The standard InChI is InChI=1S/C5H6BrFO3/c6-5-3(7)4(9)2(1-8)10-5/h2,5,8-9H,1H2/t2-,5?/m1/s1. The van der Waals surface area contributed by atoms with Gasteiger partial charge in [-0.2, -0.15) is 0 Å². The molecule has 0 radical (unpaired) electrons. The third-order valence-corrected chi connectivity index (χ3v) is 1.82. The second kappa shape index (κ2) is 2.86. The minimum Gasteiger partial charge on any atom is -0.507 e. The average molecular weight is 213 g/mol. The molecule has 1 aliphatic heterocycles. The van der Waals surface area contributed by atoms with E-state index in [9.17, 15) is 4.39 Å². The van der Waals surface area contributed by atoms with Crippen LogP contribution < -0.4 is 0 Å². The molecule has 5 heteroatoms. The molecular weight excluding hydrogens is 207 g/mol. The summed E-state index contributed by atoms with van der Waals surface area (Å²) < 4.78 is 17.2. The van der Waals surface area contributed by atoms with E-state index in [2.05, 4.69) is 15.9 Å². The first-order valence-electron chi connectivity index (χ1n) is 2.65. The topological polar surface area (TPSA) is 49.7 Å². The molecule has 1 rings (SSSR count). The maximum absolute atomic E-state index is 12.5. The number of halogens is 2. The first-order valence-corrected chi connectivity index (χ1v) is 3.57. The summed E-state index contributed by atoms with van der Waals surface area (Å²) in [5.41, 5.74) is 0. The molecule has 1 heterocycles. The van der Waals surface area contributed by atoms with Crippen molar-refractivity contribution in [2.24, 2.45) is 0 Å². The minimum atomic E-state index is -0.913. The maximum Gasteiger partial charge on any atom is 0.180 e. The molecule has 10 heavy (non-hydrogen) atoms. The van der Waals surface area contributed by atoms with Crippen LogP contribution in [0.5, 0.6) is 0 Å². The van der Waals surface area contributed by atoms with Crippen molar-refractivity contribution >= 4 is 15.9 Å². The highest BCUT2D eigenvalue weighted by molar-refractivity contribution is 9.09. The largest absolute Gasteiger partial charge is 0.507 e. The number of ether oxygens (including phenoxy) is 1. The van der Waals surface area contributed by atoms with Gasteiger partial charge in [-0.05, 0) is 15.9 Å². The molecule has 0 saturated carbocycles. The van der Waals surface area contributed by atoms with Crippen molar-refractivity contribution in [2.75, 3.05) is 6.61 Å². The Labute approximate surface area is 65.2 Å². The van der Waals surface area contributed by atoms with E-state index < -0.39 is 29.3 Å². The predicted octanol–water partition coefficient (Wildman–Crippen LogP) is 0.838. The summed E-state index contributed by atoms with van der Waals surface area (Å²) in [4.78, 5) is 0. The molecule has 58 valence electrons. The van der Waals surface area contributed by atoms with Crippen LogP contribution >= 0.6 is 15.9 Å². The first kappa shape index (κ1) is 7.97. The molecule has 0 aromatic heterocycles. The fourth-order valence-corrected chi connectivity index (χ4v) is 1.16. The van der Waals surface area contributed by atoms with Crippen LogP contribution in [0.15, 0.2) is 11.6 Å². The van der Waals surface area contributed by atoms with Gasteiger partial charge in [-0.25, -0.2) is 4.39 Å². The zero-order valence-corrected chi connectivity index (χ0v) is 6.51. The molecule has 1 unspecified atom stereocenters. The van der Waals surface area contributed by atoms with Gasteiger partial charge in [0.15, 0.2) is 16.6 Å². The van der Waals surface area contributed by atoms with Crippen LogP contribution in [0.4, 0.5) is 4.39 Å². The fraction of sp³-hybridized carbons (Fsp3) is 0.600. The number of hydrogen-bond acceptors (Lipinski definition) is 3. The summed E-state index contributed by atoms with van der Waals surface area (Å²) in [6, 6.07) is 0. The lowest BCUT2D eigenvalue weighted by molar-refractivity contribution is 0.0365. The van der Waals surface area contributed by atoms with E-state index in [0.29, 0.717) is 0 Å². The second-order valence-corrected chi connectivity index (χ2v) is 2.69. The normalized spacial score (nSPS) is 33.5. The van der Waals surface area contributed by atoms with Crippen molar-refractivity contribution in [3.63, 3.8) is 0 Å². The Balaban J connectivity index is 2.73. The van der Waals surface area contributed by atoms with E-state index in [-0.39, 0.29) is 0 Å². The van der Waals surface area contributed by atoms with Gasteiger partial charge >= 0.3 is 0 Å². The number of alkyl halides is 1. The Bertz CT molecular complexity index is 170. The molecule has 1 aliphatic rings. The van der Waals surface area contributed by atoms with Gasteiger partial charge in [0.25, 0.3) is 0 Å². The highest BCUT2D eigenvalue weighted by Gasteiger charge is 2.32. The second-order valence-electron chi connectivity index (χ2n) is 1.86. The summed E-state index contributed by atoms with van der Waals surface area (Å²) in [7, 11) is 0. The molecule has 0 fully saturated rings. The van der Waals surface area contributed by atoms with Crippen LogP contribution in [0.25, 0.3) is 0 Å². The van der Waals surface area contributed by atoms with Crippen LogP contribution in [-0.4, -0.2) is 27.9 Å². The summed E-state index contributed by atoms with van der Waals surface area (Å²) in [5, 5.41) is 16.4. The van der Waals surface area contributed by atoms with Crippen molar-refractivity contribution in [3.05, 3.63) is 11.6 Å². The highest BCUT2D eigenvalue weighted by atomic mass is 79.9. The van der Waals surface area contributed by atoms with Gasteiger partial charge < -0.3 is 14.9 Å². The molecule has 3 nitrogen and oxygen atoms in total. The molecule has 2 atom stereocenters. The minimum absolute atomic E-state index is 0.415. The summed E-state index contributed by atoms with van der Waals surface area (Å²) in [6.45, 7) is -0.415. The molecule has 0 aromatic rings. The smallest absolute Gasteiger partial charge is 0.180 e. The Morgan fingerprint density at radius 3 is 2.50 bits per heavy atom. The van der Waals surface area contributed by atoms with Crippen LogP contribution in [0, 0.1) is 0 Å². The lowest BCUT2D eigenvalue weighted by Crippen LogP contribution is -2.15. The Morgan fingerprint density at radius 1 is 1.70 bits per heavy atom. The predicted molar refractivity (Wildman–Crippen MR) is 35.4 cm³/mol. The molecule has 0 aliphatic carbocycles. The third-order valence-electron chi connectivity index (χ3n) is 1.20. The quantitative estimate of drug-likeness (QED) is 0.634. The van der Waals surface area contributed by atoms with E-state index in [0.717, 1.165) is 0 Å². The zero-order valence-electron chi connectivity index (χ0n) is 4.92. The Hall–Kier alpha value is -0.130. The first-order chi connectivity index (χ1) is 4.66. The van der Waals surface area contributed by atoms with Gasteiger partial charge in [0.05, 0.1) is 6.61 Å². The molecular formula is C5H6BrFO3. The molecule has 2 N–H and O–H groups in total. The number of aliphatic hydroxyl groups is 2. The molecule has 0 saturated heterocycles. The van der Waals surface area contributed by atoms with E-state index in [1.54, 1.807) is 0 Å². The monoisotopic (exact) mass is 212 g/mol. The molecule has 0 amide bonds. The fourth-order valence-electron chi connectivity index (χ4n) is 0.668. The van der Waals surface area contributed by atoms with Gasteiger partial charge in [0.2, 0.25) is 0 Å². The van der Waals surface area contributed by atoms with Gasteiger partial charge in [0, 0.05) is 0 Å². The van der Waals surface area contributed by atoms with Crippen molar-refractivity contribution in [1.29, 1.82) is 0 Å². The van der Waals surface area contributed by atoms with Gasteiger partial charge in [-0.3, -0.25) is 0 Å². The Morgan fingerprint density at radius 2 is 2.30 bits per heavy atom. The molecule has 0 spiro atoms. The van der Waals surface area contributed by atoms with Crippen LogP contribution in [-0.2, 0) is 4.74 Å². The maximum atomic E-state index is 12.5. The highest BCUT2D eigenvalue weighted by Crippen LogP contribution is 2.29.